The van der Waals surface area contributed by atoms with Gasteiger partial charge in [0.05, 0.1) is 18.6 Å². The molecule has 174 valence electrons. The number of sulfonamides is 1. The average molecular weight is 462 g/mol. The number of carbonyl (C=O) groups excluding carboxylic acids is 2. The molecule has 0 unspecified atom stereocenters. The number of hydrogen-bond donors (Lipinski definition) is 2. The van der Waals surface area contributed by atoms with Crippen LogP contribution >= 0.6 is 0 Å². The molecule has 2 N–H and O–H groups in total. The zero-order valence-electron chi connectivity index (χ0n) is 18.8. The number of benzene rings is 2. The molecular formula is C23H31N3O5S. The van der Waals surface area contributed by atoms with Crippen LogP contribution in [-0.2, 0) is 14.8 Å². The molecule has 0 bridgehead atoms. The van der Waals surface area contributed by atoms with Crippen LogP contribution in [0.1, 0.15) is 48.5 Å². The molecule has 2 aromatic carbocycles. The van der Waals surface area contributed by atoms with Crippen molar-refractivity contribution in [2.45, 2.75) is 39.5 Å². The molecule has 0 aromatic heterocycles. The normalized spacial score (nSPS) is 11.0. The van der Waals surface area contributed by atoms with Gasteiger partial charge in [0.2, 0.25) is 10.0 Å². The monoisotopic (exact) mass is 461 g/mol. The Morgan fingerprint density at radius 3 is 2.28 bits per heavy atom. The molecule has 0 spiro atoms. The Labute approximate surface area is 190 Å². The van der Waals surface area contributed by atoms with E-state index >= 15 is 0 Å². The lowest BCUT2D eigenvalue weighted by molar-refractivity contribution is -0.120. The second-order valence-corrected chi connectivity index (χ2v) is 9.40. The SMILES string of the molecule is CCCCCCOc1ccc(C(=O)NNC(=O)CN(c2ccccc2C)S(C)(=O)=O)cc1. The van der Waals surface area contributed by atoms with Gasteiger partial charge in [0, 0.05) is 5.56 Å². The lowest BCUT2D eigenvalue weighted by Crippen LogP contribution is -2.47. The number of hydrogen-bond acceptors (Lipinski definition) is 5. The van der Waals surface area contributed by atoms with Crippen molar-refractivity contribution < 1.29 is 22.7 Å². The molecule has 0 aliphatic heterocycles. The minimum absolute atomic E-state index is 0.336. The number of hydrazine groups is 1. The fourth-order valence-corrected chi connectivity index (χ4v) is 3.93. The lowest BCUT2D eigenvalue weighted by atomic mass is 10.2. The van der Waals surface area contributed by atoms with Crippen molar-refractivity contribution in [1.29, 1.82) is 0 Å². The first-order valence-electron chi connectivity index (χ1n) is 10.6. The number of anilines is 1. The van der Waals surface area contributed by atoms with E-state index in [0.717, 1.165) is 23.4 Å². The van der Waals surface area contributed by atoms with Crippen LogP contribution in [0.25, 0.3) is 0 Å². The summed E-state index contributed by atoms with van der Waals surface area (Å²) >= 11 is 0. The summed E-state index contributed by atoms with van der Waals surface area (Å²) in [6, 6.07) is 13.4. The summed E-state index contributed by atoms with van der Waals surface area (Å²) in [5, 5.41) is 0. The Morgan fingerprint density at radius 2 is 1.66 bits per heavy atom. The van der Waals surface area contributed by atoms with Crippen molar-refractivity contribution in [3.05, 3.63) is 59.7 Å². The Kier molecular flexibility index (Phi) is 9.52. The molecule has 8 nitrogen and oxygen atoms in total. The Hall–Kier alpha value is -3.07. The first-order chi connectivity index (χ1) is 15.2. The van der Waals surface area contributed by atoms with Gasteiger partial charge in [0.15, 0.2) is 0 Å². The third-order valence-corrected chi connectivity index (χ3v) is 5.90. The van der Waals surface area contributed by atoms with Gasteiger partial charge in [0.25, 0.3) is 11.8 Å². The van der Waals surface area contributed by atoms with Gasteiger partial charge < -0.3 is 4.74 Å². The first-order valence-corrected chi connectivity index (χ1v) is 12.4. The molecule has 0 fully saturated rings. The highest BCUT2D eigenvalue weighted by Gasteiger charge is 2.22. The zero-order chi connectivity index (χ0) is 23.6. The molecule has 0 atom stereocenters. The second kappa shape index (κ2) is 12.1. The first kappa shape index (κ1) is 25.2. The maximum absolute atomic E-state index is 12.3. The van der Waals surface area contributed by atoms with E-state index in [1.54, 1.807) is 55.5 Å². The van der Waals surface area contributed by atoms with Crippen molar-refractivity contribution >= 4 is 27.5 Å². The fraction of sp³-hybridized carbons (Fsp3) is 0.391. The van der Waals surface area contributed by atoms with Crippen molar-refractivity contribution in [3.8, 4) is 5.75 Å². The molecule has 0 saturated heterocycles. The summed E-state index contributed by atoms with van der Waals surface area (Å²) in [5.41, 5.74) is 6.02. The number of aryl methyl sites for hydroxylation is 1. The highest BCUT2D eigenvalue weighted by molar-refractivity contribution is 7.92. The van der Waals surface area contributed by atoms with Crippen LogP contribution in [0.15, 0.2) is 48.5 Å². The number of unbranched alkanes of at least 4 members (excludes halogenated alkanes) is 3. The minimum atomic E-state index is -3.70. The molecule has 0 radical (unpaired) electrons. The number of amides is 2. The van der Waals surface area contributed by atoms with E-state index in [9.17, 15) is 18.0 Å². The topological polar surface area (TPSA) is 105 Å². The molecule has 0 aliphatic carbocycles. The van der Waals surface area contributed by atoms with Gasteiger partial charge in [-0.2, -0.15) is 0 Å². The lowest BCUT2D eigenvalue weighted by Gasteiger charge is -2.23. The van der Waals surface area contributed by atoms with Crippen molar-refractivity contribution in [2.24, 2.45) is 0 Å². The van der Waals surface area contributed by atoms with Crippen molar-refractivity contribution in [2.75, 3.05) is 23.7 Å². The summed E-state index contributed by atoms with van der Waals surface area (Å²) in [5.74, 6) is -0.516. The quantitative estimate of drug-likeness (QED) is 0.395. The smallest absolute Gasteiger partial charge is 0.269 e. The van der Waals surface area contributed by atoms with Crippen LogP contribution in [0.2, 0.25) is 0 Å². The largest absolute Gasteiger partial charge is 0.494 e. The van der Waals surface area contributed by atoms with Gasteiger partial charge in [-0.1, -0.05) is 44.4 Å². The van der Waals surface area contributed by atoms with Gasteiger partial charge in [-0.15, -0.1) is 0 Å². The van der Waals surface area contributed by atoms with E-state index in [4.69, 9.17) is 4.74 Å². The van der Waals surface area contributed by atoms with Gasteiger partial charge in [0.1, 0.15) is 12.3 Å². The number of nitrogens with one attached hydrogen (secondary N) is 2. The van der Waals surface area contributed by atoms with Crippen LogP contribution in [0.5, 0.6) is 5.75 Å². The number of ether oxygens (including phenoxy) is 1. The predicted molar refractivity (Wildman–Crippen MR) is 125 cm³/mol. The van der Waals surface area contributed by atoms with E-state index in [1.807, 2.05) is 0 Å². The van der Waals surface area contributed by atoms with Crippen molar-refractivity contribution in [3.63, 3.8) is 0 Å². The molecule has 2 aromatic rings. The third-order valence-electron chi connectivity index (χ3n) is 4.77. The number of nitrogens with zero attached hydrogens (tertiary/aromatic N) is 1. The summed E-state index contributed by atoms with van der Waals surface area (Å²) in [6.45, 7) is 4.07. The minimum Gasteiger partial charge on any atom is -0.494 e. The van der Waals surface area contributed by atoms with Crippen LogP contribution in [0.3, 0.4) is 0 Å². The Balaban J connectivity index is 1.89. The Morgan fingerprint density at radius 1 is 0.969 bits per heavy atom. The Bertz CT molecular complexity index is 1010. The average Bonchev–Trinajstić information content (AvgIpc) is 2.76. The molecule has 2 amide bonds. The van der Waals surface area contributed by atoms with Crippen molar-refractivity contribution in [1.82, 2.24) is 10.9 Å². The summed E-state index contributed by atoms with van der Waals surface area (Å²) in [6.07, 6.45) is 5.48. The summed E-state index contributed by atoms with van der Waals surface area (Å²) < 4.78 is 31.0. The summed E-state index contributed by atoms with van der Waals surface area (Å²) in [4.78, 5) is 24.6. The van der Waals surface area contributed by atoms with Gasteiger partial charge in [-0.3, -0.25) is 24.7 Å². The fourth-order valence-electron chi connectivity index (χ4n) is 3.01. The van der Waals surface area contributed by atoms with Gasteiger partial charge in [-0.05, 0) is 49.2 Å². The molecule has 9 heteroatoms. The molecule has 0 saturated carbocycles. The molecule has 2 rings (SSSR count). The highest BCUT2D eigenvalue weighted by atomic mass is 32.2. The van der Waals surface area contributed by atoms with E-state index < -0.39 is 28.4 Å². The van der Waals surface area contributed by atoms with E-state index in [-0.39, 0.29) is 0 Å². The van der Waals surface area contributed by atoms with Crippen LogP contribution in [-0.4, -0.2) is 39.6 Å². The highest BCUT2D eigenvalue weighted by Crippen LogP contribution is 2.21. The number of para-hydroxylation sites is 1. The maximum atomic E-state index is 12.3. The van der Waals surface area contributed by atoms with Gasteiger partial charge in [-0.25, -0.2) is 8.42 Å². The van der Waals surface area contributed by atoms with Crippen LogP contribution in [0.4, 0.5) is 5.69 Å². The third kappa shape index (κ3) is 7.88. The standard InChI is InChI=1S/C23H31N3O5S/c1-4-5-6-9-16-31-20-14-12-19(13-15-20)23(28)25-24-22(27)17-26(32(3,29)30)21-11-8-7-10-18(21)2/h7-8,10-15H,4-6,9,16-17H2,1-3H3,(H,24,27)(H,25,28). The number of rotatable bonds is 11. The molecular weight excluding hydrogens is 430 g/mol. The van der Waals surface area contributed by atoms with E-state index in [1.165, 1.54) is 12.8 Å². The predicted octanol–water partition coefficient (Wildman–Crippen LogP) is 3.18. The van der Waals surface area contributed by atoms with Crippen LogP contribution < -0.4 is 19.9 Å². The van der Waals surface area contributed by atoms with E-state index in [0.29, 0.717) is 29.2 Å². The van der Waals surface area contributed by atoms with Crippen LogP contribution in [0, 0.1) is 6.92 Å². The molecule has 0 aliphatic rings. The molecule has 32 heavy (non-hydrogen) atoms. The van der Waals surface area contributed by atoms with Gasteiger partial charge >= 0.3 is 0 Å². The molecule has 0 heterocycles. The summed E-state index contributed by atoms with van der Waals surface area (Å²) in [7, 11) is -3.70. The maximum Gasteiger partial charge on any atom is 0.269 e. The zero-order valence-corrected chi connectivity index (χ0v) is 19.6. The second-order valence-electron chi connectivity index (χ2n) is 7.49. The van der Waals surface area contributed by atoms with E-state index in [2.05, 4.69) is 17.8 Å². The number of carbonyl (C=O) groups is 2.